The van der Waals surface area contributed by atoms with Crippen molar-refractivity contribution in [1.82, 2.24) is 19.9 Å². The van der Waals surface area contributed by atoms with Gasteiger partial charge in [-0.15, -0.1) is 11.3 Å². The van der Waals surface area contributed by atoms with Gasteiger partial charge in [-0.3, -0.25) is 4.90 Å². The van der Waals surface area contributed by atoms with Crippen molar-refractivity contribution in [2.24, 2.45) is 5.41 Å². The molecule has 0 unspecified atom stereocenters. The molecule has 2 fully saturated rings. The first-order valence-corrected chi connectivity index (χ1v) is 9.36. The van der Waals surface area contributed by atoms with E-state index in [2.05, 4.69) is 30.1 Å². The summed E-state index contributed by atoms with van der Waals surface area (Å²) in [5.41, 5.74) is 0.383. The topological polar surface area (TPSA) is 54.4 Å². The van der Waals surface area contributed by atoms with Gasteiger partial charge in [0.25, 0.3) is 0 Å². The minimum Gasteiger partial charge on any atom is -0.481 e. The maximum Gasteiger partial charge on any atom is 0.218 e. The van der Waals surface area contributed by atoms with Crippen LogP contribution in [0.15, 0.2) is 24.0 Å². The van der Waals surface area contributed by atoms with E-state index >= 15 is 0 Å². The number of nitrogens with zero attached hydrogens (tertiary/aromatic N) is 5. The Balaban J connectivity index is 1.44. The van der Waals surface area contributed by atoms with Crippen LogP contribution in [0.25, 0.3) is 0 Å². The molecule has 7 heteroatoms. The van der Waals surface area contributed by atoms with E-state index < -0.39 is 0 Å². The second-order valence-corrected chi connectivity index (χ2v) is 7.81. The molecule has 2 aromatic rings. The SMILES string of the molecule is COc1cc(N2CCC[C@@]3(CCN(Cc4nccs4)C3)C2)ncn1. The van der Waals surface area contributed by atoms with E-state index in [1.54, 1.807) is 24.8 Å². The van der Waals surface area contributed by atoms with E-state index in [9.17, 15) is 0 Å². The van der Waals surface area contributed by atoms with Crippen LogP contribution in [0.4, 0.5) is 5.82 Å². The molecule has 0 aliphatic carbocycles. The third-order valence-electron chi connectivity index (χ3n) is 5.18. The van der Waals surface area contributed by atoms with Crippen molar-refractivity contribution in [1.29, 1.82) is 0 Å². The molecule has 0 radical (unpaired) electrons. The zero-order valence-corrected chi connectivity index (χ0v) is 14.8. The monoisotopic (exact) mass is 345 g/mol. The molecule has 1 atom stereocenters. The zero-order valence-electron chi connectivity index (χ0n) is 14.0. The Morgan fingerprint density at radius 2 is 2.17 bits per heavy atom. The summed E-state index contributed by atoms with van der Waals surface area (Å²) in [7, 11) is 1.65. The molecule has 4 heterocycles. The van der Waals surface area contributed by atoms with Gasteiger partial charge >= 0.3 is 0 Å². The van der Waals surface area contributed by atoms with Gasteiger partial charge in [0.1, 0.15) is 17.2 Å². The fraction of sp³-hybridized carbons (Fsp3) is 0.588. The molecule has 0 N–H and O–H groups in total. The molecule has 0 amide bonds. The maximum atomic E-state index is 5.25. The minimum atomic E-state index is 0.383. The van der Waals surface area contributed by atoms with Gasteiger partial charge in [-0.2, -0.15) is 0 Å². The van der Waals surface area contributed by atoms with Gasteiger partial charge < -0.3 is 9.64 Å². The minimum absolute atomic E-state index is 0.383. The highest BCUT2D eigenvalue weighted by Gasteiger charge is 2.41. The molecule has 24 heavy (non-hydrogen) atoms. The van der Waals surface area contributed by atoms with Gasteiger partial charge in [-0.05, 0) is 25.8 Å². The fourth-order valence-electron chi connectivity index (χ4n) is 4.04. The van der Waals surface area contributed by atoms with Crippen LogP contribution in [0.2, 0.25) is 0 Å². The lowest BCUT2D eigenvalue weighted by atomic mass is 9.79. The summed E-state index contributed by atoms with van der Waals surface area (Å²) in [5, 5.41) is 3.28. The van der Waals surface area contributed by atoms with Crippen LogP contribution >= 0.6 is 11.3 Å². The smallest absolute Gasteiger partial charge is 0.218 e. The number of hydrogen-bond acceptors (Lipinski definition) is 7. The zero-order chi connectivity index (χ0) is 16.4. The van der Waals surface area contributed by atoms with E-state index in [1.165, 1.54) is 30.8 Å². The van der Waals surface area contributed by atoms with Crippen LogP contribution in [0.3, 0.4) is 0 Å². The third kappa shape index (κ3) is 3.23. The Hall–Kier alpha value is -1.73. The molecule has 2 saturated heterocycles. The van der Waals surface area contributed by atoms with Crippen molar-refractivity contribution in [3.63, 3.8) is 0 Å². The summed E-state index contributed by atoms with van der Waals surface area (Å²) < 4.78 is 5.25. The molecular weight excluding hydrogens is 322 g/mol. The molecule has 128 valence electrons. The molecule has 1 spiro atoms. The maximum absolute atomic E-state index is 5.25. The summed E-state index contributed by atoms with van der Waals surface area (Å²) in [6.45, 7) is 5.45. The quantitative estimate of drug-likeness (QED) is 0.848. The molecule has 6 nitrogen and oxygen atoms in total. The van der Waals surface area contributed by atoms with Crippen molar-refractivity contribution >= 4 is 17.2 Å². The Kier molecular flexibility index (Phi) is 4.37. The molecule has 4 rings (SSSR count). The van der Waals surface area contributed by atoms with Crippen LogP contribution in [0, 0.1) is 5.41 Å². The number of methoxy groups -OCH3 is 1. The van der Waals surface area contributed by atoms with Crippen molar-refractivity contribution < 1.29 is 4.74 Å². The fourth-order valence-corrected chi connectivity index (χ4v) is 4.69. The summed E-state index contributed by atoms with van der Waals surface area (Å²) in [4.78, 5) is 18.0. The number of aromatic nitrogens is 3. The van der Waals surface area contributed by atoms with Crippen molar-refractivity contribution in [3.8, 4) is 5.88 Å². The first-order valence-electron chi connectivity index (χ1n) is 8.48. The molecule has 2 aliphatic heterocycles. The summed E-state index contributed by atoms with van der Waals surface area (Å²) in [5.74, 6) is 1.62. The normalized spacial score (nSPS) is 24.6. The van der Waals surface area contributed by atoms with Crippen LogP contribution < -0.4 is 9.64 Å². The highest BCUT2D eigenvalue weighted by Crippen LogP contribution is 2.40. The van der Waals surface area contributed by atoms with E-state index in [0.29, 0.717) is 11.3 Å². The summed E-state index contributed by atoms with van der Waals surface area (Å²) >= 11 is 1.75. The van der Waals surface area contributed by atoms with Crippen molar-refractivity contribution in [2.45, 2.75) is 25.8 Å². The first-order chi connectivity index (χ1) is 11.8. The lowest BCUT2D eigenvalue weighted by Crippen LogP contribution is -2.45. The summed E-state index contributed by atoms with van der Waals surface area (Å²) in [6, 6.07) is 1.95. The Morgan fingerprint density at radius 1 is 1.21 bits per heavy atom. The van der Waals surface area contributed by atoms with E-state index in [0.717, 1.165) is 32.0 Å². The number of rotatable bonds is 4. The highest BCUT2D eigenvalue weighted by molar-refractivity contribution is 7.09. The van der Waals surface area contributed by atoms with Gasteiger partial charge in [0.05, 0.1) is 13.7 Å². The van der Waals surface area contributed by atoms with Crippen LogP contribution in [-0.2, 0) is 6.54 Å². The number of piperidine rings is 1. The number of hydrogen-bond donors (Lipinski definition) is 0. The van der Waals surface area contributed by atoms with E-state index in [-0.39, 0.29) is 0 Å². The van der Waals surface area contributed by atoms with E-state index in [1.807, 2.05) is 12.3 Å². The Labute approximate surface area is 146 Å². The molecule has 0 saturated carbocycles. The molecule has 2 aliphatic rings. The number of thiazole rings is 1. The van der Waals surface area contributed by atoms with Crippen molar-refractivity contribution in [3.05, 3.63) is 29.0 Å². The highest BCUT2D eigenvalue weighted by atomic mass is 32.1. The lowest BCUT2D eigenvalue weighted by Gasteiger charge is -2.41. The van der Waals surface area contributed by atoms with Gasteiger partial charge in [0.2, 0.25) is 5.88 Å². The van der Waals surface area contributed by atoms with Crippen LogP contribution in [-0.4, -0.2) is 53.1 Å². The van der Waals surface area contributed by atoms with Gasteiger partial charge in [0, 0.05) is 42.7 Å². The molecule has 2 aromatic heterocycles. The standard InChI is InChI=1S/C17H23N5OS/c1-23-15-9-14(19-13-20-15)22-6-2-3-17(12-22)4-7-21(11-17)10-16-18-5-8-24-16/h5,8-9,13H,2-4,6-7,10-12H2,1H3/t17-/m0/s1. The lowest BCUT2D eigenvalue weighted by molar-refractivity contribution is 0.216. The predicted molar refractivity (Wildman–Crippen MR) is 94.5 cm³/mol. The average Bonchev–Trinajstić information content (AvgIpc) is 3.26. The number of ether oxygens (including phenoxy) is 1. The summed E-state index contributed by atoms with van der Waals surface area (Å²) in [6.07, 6.45) is 7.28. The van der Waals surface area contributed by atoms with Gasteiger partial charge in [-0.1, -0.05) is 0 Å². The molecule has 0 aromatic carbocycles. The second kappa shape index (κ2) is 6.64. The number of anilines is 1. The first kappa shape index (κ1) is 15.8. The largest absolute Gasteiger partial charge is 0.481 e. The predicted octanol–water partition coefficient (Wildman–Crippen LogP) is 2.43. The average molecular weight is 345 g/mol. The molecular formula is C17H23N5OS. The van der Waals surface area contributed by atoms with E-state index in [4.69, 9.17) is 4.74 Å². The van der Waals surface area contributed by atoms with Crippen LogP contribution in [0.5, 0.6) is 5.88 Å². The van der Waals surface area contributed by atoms with Crippen molar-refractivity contribution in [2.75, 3.05) is 38.2 Å². The Bertz CT molecular complexity index is 679. The Morgan fingerprint density at radius 3 is 3.00 bits per heavy atom. The number of likely N-dealkylation sites (tertiary alicyclic amines) is 1. The van der Waals surface area contributed by atoms with Gasteiger partial charge in [0.15, 0.2) is 0 Å². The van der Waals surface area contributed by atoms with Crippen LogP contribution in [0.1, 0.15) is 24.3 Å². The molecule has 0 bridgehead atoms. The second-order valence-electron chi connectivity index (χ2n) is 6.83. The third-order valence-corrected chi connectivity index (χ3v) is 5.95. The van der Waals surface area contributed by atoms with Gasteiger partial charge in [-0.25, -0.2) is 15.0 Å².